The number of oxazole rings is 1. The van der Waals surface area contributed by atoms with Gasteiger partial charge in [-0.2, -0.15) is 4.72 Å². The predicted octanol–water partition coefficient (Wildman–Crippen LogP) is 2.48. The van der Waals surface area contributed by atoms with Crippen LogP contribution in [0.2, 0.25) is 0 Å². The van der Waals surface area contributed by atoms with Gasteiger partial charge in [-0.25, -0.2) is 13.2 Å². The number of fused-ring (bicyclic) bond motifs is 1. The molecule has 0 spiro atoms. The van der Waals surface area contributed by atoms with Gasteiger partial charge in [0, 0.05) is 19.2 Å². The molecule has 1 atom stereocenters. The molecule has 0 saturated heterocycles. The van der Waals surface area contributed by atoms with Crippen LogP contribution >= 0.6 is 0 Å². The topological polar surface area (TPSA) is 129 Å². The molecular weight excluding hydrogens is 450 g/mol. The maximum Gasteiger partial charge on any atom is 0.419 e. The second-order valence-corrected chi connectivity index (χ2v) is 9.63. The average molecular weight is 478 g/mol. The Hall–Kier alpha value is -3.31. The third kappa shape index (κ3) is 5.37. The summed E-state index contributed by atoms with van der Waals surface area (Å²) >= 11 is 0. The molecule has 1 amide bonds. The van der Waals surface area contributed by atoms with E-state index in [1.54, 1.807) is 18.2 Å². The summed E-state index contributed by atoms with van der Waals surface area (Å²) in [5, 5.41) is 2.72. The number of amides is 1. The summed E-state index contributed by atoms with van der Waals surface area (Å²) in [7, 11) is 0.377. The fourth-order valence-corrected chi connectivity index (χ4v) is 4.57. The molecule has 0 aliphatic heterocycles. The summed E-state index contributed by atoms with van der Waals surface area (Å²) in [6.45, 7) is 3.76. The van der Waals surface area contributed by atoms with Gasteiger partial charge in [0.05, 0.1) is 30.3 Å². The number of hydrogen-bond acceptors (Lipinski definition) is 7. The maximum atomic E-state index is 13.1. The number of methoxy groups -OCH3 is 2. The van der Waals surface area contributed by atoms with Crippen LogP contribution in [0.25, 0.3) is 11.1 Å². The Balaban J connectivity index is 1.90. The first-order chi connectivity index (χ1) is 15.6. The van der Waals surface area contributed by atoms with Crippen LogP contribution in [0.1, 0.15) is 20.3 Å². The molecule has 3 aromatic rings. The van der Waals surface area contributed by atoms with Gasteiger partial charge < -0.3 is 19.2 Å². The first-order valence-electron chi connectivity index (χ1n) is 10.2. The number of nitrogens with one attached hydrogen (secondary N) is 2. The van der Waals surface area contributed by atoms with Crippen molar-refractivity contribution in [1.82, 2.24) is 9.29 Å². The number of aromatic nitrogens is 1. The summed E-state index contributed by atoms with van der Waals surface area (Å²) in [6, 6.07) is 7.93. The Morgan fingerprint density at radius 2 is 1.85 bits per heavy atom. The second-order valence-electron chi connectivity index (χ2n) is 7.92. The number of carbonyl (C=O) groups is 1. The lowest BCUT2D eigenvalue weighted by Crippen LogP contribution is -2.44. The lowest BCUT2D eigenvalue weighted by Gasteiger charge is -2.21. The first-order valence-corrected chi connectivity index (χ1v) is 11.7. The molecule has 3 rings (SSSR count). The smallest absolute Gasteiger partial charge is 0.419 e. The molecule has 0 unspecified atom stereocenters. The van der Waals surface area contributed by atoms with E-state index in [1.807, 2.05) is 13.8 Å². The molecule has 0 saturated carbocycles. The van der Waals surface area contributed by atoms with Crippen LogP contribution in [0.3, 0.4) is 0 Å². The van der Waals surface area contributed by atoms with E-state index in [4.69, 9.17) is 13.9 Å². The van der Waals surface area contributed by atoms with Crippen molar-refractivity contribution in [3.05, 3.63) is 46.9 Å². The van der Waals surface area contributed by atoms with E-state index >= 15 is 0 Å². The standard InChI is InChI=1S/C22H27N3O7S/c1-13(2)10-17(21(26)23-16-11-14(30-4)6-9-19(16)31-5)24-33(28,29)15-7-8-18-20(12-15)32-22(27)25(18)3/h6-9,11-13,17,24H,10H2,1-5H3,(H,23,26)/t17-/m0/s1. The van der Waals surface area contributed by atoms with Gasteiger partial charge in [0.25, 0.3) is 0 Å². The van der Waals surface area contributed by atoms with Crippen molar-refractivity contribution in [1.29, 1.82) is 0 Å². The van der Waals surface area contributed by atoms with Crippen LogP contribution in [-0.4, -0.2) is 39.2 Å². The molecule has 11 heteroatoms. The summed E-state index contributed by atoms with van der Waals surface area (Å²) in [5.41, 5.74) is 0.944. The number of carbonyl (C=O) groups excluding carboxylic acids is 1. The van der Waals surface area contributed by atoms with Gasteiger partial charge in [0.1, 0.15) is 17.5 Å². The molecule has 0 radical (unpaired) electrons. The Morgan fingerprint density at radius 3 is 2.48 bits per heavy atom. The fourth-order valence-electron chi connectivity index (χ4n) is 3.35. The Bertz CT molecular complexity index is 1330. The minimum absolute atomic E-state index is 0.0188. The van der Waals surface area contributed by atoms with Gasteiger partial charge in [0.2, 0.25) is 15.9 Å². The Kier molecular flexibility index (Phi) is 7.13. The van der Waals surface area contributed by atoms with E-state index in [0.717, 1.165) is 0 Å². The third-order valence-corrected chi connectivity index (χ3v) is 6.53. The average Bonchev–Trinajstić information content (AvgIpc) is 3.05. The zero-order chi connectivity index (χ0) is 24.3. The van der Waals surface area contributed by atoms with Crippen molar-refractivity contribution in [2.45, 2.75) is 31.2 Å². The zero-order valence-electron chi connectivity index (χ0n) is 19.0. The Morgan fingerprint density at radius 1 is 1.12 bits per heavy atom. The number of hydrogen-bond donors (Lipinski definition) is 2. The van der Waals surface area contributed by atoms with Crippen molar-refractivity contribution in [2.75, 3.05) is 19.5 Å². The van der Waals surface area contributed by atoms with Gasteiger partial charge in [-0.05, 0) is 36.6 Å². The SMILES string of the molecule is COc1ccc(OC)c(NC(=O)[C@H](CC(C)C)NS(=O)(=O)c2ccc3c(c2)oc(=O)n3C)c1. The van der Waals surface area contributed by atoms with Crippen LogP contribution < -0.4 is 25.3 Å². The van der Waals surface area contributed by atoms with Gasteiger partial charge in [-0.15, -0.1) is 0 Å². The van der Waals surface area contributed by atoms with Crippen LogP contribution in [0, 0.1) is 5.92 Å². The first kappa shape index (κ1) is 24.3. The van der Waals surface area contributed by atoms with E-state index in [1.165, 1.54) is 44.0 Å². The normalized spacial score (nSPS) is 12.7. The van der Waals surface area contributed by atoms with Crippen molar-refractivity contribution < 1.29 is 27.1 Å². The number of aryl methyl sites for hydroxylation is 1. The molecule has 2 aromatic carbocycles. The minimum Gasteiger partial charge on any atom is -0.497 e. The van der Waals surface area contributed by atoms with E-state index in [2.05, 4.69) is 10.0 Å². The highest BCUT2D eigenvalue weighted by atomic mass is 32.2. The van der Waals surface area contributed by atoms with Crippen molar-refractivity contribution in [2.24, 2.45) is 13.0 Å². The molecule has 0 fully saturated rings. The van der Waals surface area contributed by atoms with Crippen LogP contribution in [0.4, 0.5) is 5.69 Å². The molecule has 33 heavy (non-hydrogen) atoms. The van der Waals surface area contributed by atoms with Crippen LogP contribution in [0.5, 0.6) is 11.5 Å². The van der Waals surface area contributed by atoms with Crippen LogP contribution in [0.15, 0.2) is 50.5 Å². The maximum absolute atomic E-state index is 13.1. The van der Waals surface area contributed by atoms with Crippen molar-refractivity contribution in [3.63, 3.8) is 0 Å². The van der Waals surface area contributed by atoms with E-state index in [9.17, 15) is 18.0 Å². The zero-order valence-corrected chi connectivity index (χ0v) is 19.9. The highest BCUT2D eigenvalue weighted by Gasteiger charge is 2.28. The number of anilines is 1. The highest BCUT2D eigenvalue weighted by molar-refractivity contribution is 7.89. The highest BCUT2D eigenvalue weighted by Crippen LogP contribution is 2.29. The fraction of sp³-hybridized carbons (Fsp3) is 0.364. The number of sulfonamides is 1. The molecule has 1 heterocycles. The molecule has 178 valence electrons. The van der Waals surface area contributed by atoms with Crippen LogP contribution in [-0.2, 0) is 21.9 Å². The van der Waals surface area contributed by atoms with Gasteiger partial charge >= 0.3 is 5.76 Å². The van der Waals surface area contributed by atoms with Gasteiger partial charge in [-0.1, -0.05) is 13.8 Å². The lowest BCUT2D eigenvalue weighted by molar-refractivity contribution is -0.118. The van der Waals surface area contributed by atoms with E-state index in [0.29, 0.717) is 22.7 Å². The number of benzene rings is 2. The third-order valence-electron chi connectivity index (χ3n) is 5.06. The quantitative estimate of drug-likeness (QED) is 0.484. The van der Waals surface area contributed by atoms with Gasteiger partial charge in [0.15, 0.2) is 5.58 Å². The summed E-state index contributed by atoms with van der Waals surface area (Å²) in [4.78, 5) is 24.7. The van der Waals surface area contributed by atoms with Crippen molar-refractivity contribution in [3.8, 4) is 11.5 Å². The predicted molar refractivity (Wildman–Crippen MR) is 123 cm³/mol. The van der Waals surface area contributed by atoms with Gasteiger partial charge in [-0.3, -0.25) is 9.36 Å². The lowest BCUT2D eigenvalue weighted by atomic mass is 10.0. The number of nitrogens with zero attached hydrogens (tertiary/aromatic N) is 1. The minimum atomic E-state index is -4.10. The largest absolute Gasteiger partial charge is 0.497 e. The number of rotatable bonds is 9. The summed E-state index contributed by atoms with van der Waals surface area (Å²) in [5.74, 6) is -0.224. The molecule has 2 N–H and O–H groups in total. The summed E-state index contributed by atoms with van der Waals surface area (Å²) in [6.07, 6.45) is 0.250. The second kappa shape index (κ2) is 9.67. The van der Waals surface area contributed by atoms with Crippen molar-refractivity contribution >= 4 is 32.7 Å². The van der Waals surface area contributed by atoms with E-state index < -0.39 is 27.7 Å². The molecular formula is C22H27N3O7S. The number of ether oxygens (including phenoxy) is 2. The molecule has 0 bridgehead atoms. The molecule has 0 aliphatic rings. The Labute approximate surface area is 191 Å². The summed E-state index contributed by atoms with van der Waals surface area (Å²) < 4.78 is 45.5. The molecule has 1 aromatic heterocycles. The van der Waals surface area contributed by atoms with E-state index in [-0.39, 0.29) is 22.8 Å². The molecule has 10 nitrogen and oxygen atoms in total. The monoisotopic (exact) mass is 477 g/mol. The molecule has 0 aliphatic carbocycles.